The van der Waals surface area contributed by atoms with Crippen molar-refractivity contribution in [2.45, 2.75) is 19.8 Å². The summed E-state index contributed by atoms with van der Waals surface area (Å²) in [5.74, 6) is 0.479. The Balaban J connectivity index is 1.52. The minimum Gasteiger partial charge on any atom is -0.448 e. The lowest BCUT2D eigenvalue weighted by Gasteiger charge is -2.05. The van der Waals surface area contributed by atoms with E-state index in [-0.39, 0.29) is 5.91 Å². The smallest absolute Gasteiger partial charge is 0.251 e. The van der Waals surface area contributed by atoms with Gasteiger partial charge in [0.05, 0.1) is 5.39 Å². The van der Waals surface area contributed by atoms with Gasteiger partial charge in [-0.3, -0.25) is 9.78 Å². The highest BCUT2D eigenvalue weighted by atomic mass is 16.5. The Morgan fingerprint density at radius 2 is 2.19 bits per heavy atom. The van der Waals surface area contributed by atoms with E-state index in [0.717, 1.165) is 17.4 Å². The van der Waals surface area contributed by atoms with E-state index < -0.39 is 0 Å². The summed E-state index contributed by atoms with van der Waals surface area (Å²) in [5, 5.41) is 7.73. The minimum absolute atomic E-state index is 0.151. The quantitative estimate of drug-likeness (QED) is 0.565. The molecule has 0 bridgehead atoms. The molecule has 1 aromatic carbocycles. The summed E-state index contributed by atoms with van der Waals surface area (Å²) in [6.45, 7) is 2.49. The van der Waals surface area contributed by atoms with E-state index in [1.54, 1.807) is 36.9 Å². The molecule has 7 nitrogen and oxygen atoms in total. The molecule has 0 saturated carbocycles. The van der Waals surface area contributed by atoms with Crippen LogP contribution in [0.5, 0.6) is 0 Å². The third-order valence-electron chi connectivity index (χ3n) is 4.25. The van der Waals surface area contributed by atoms with Crippen LogP contribution in [-0.2, 0) is 12.8 Å². The second-order valence-electron chi connectivity index (χ2n) is 6.09. The molecular formula is C20H18N4O3. The van der Waals surface area contributed by atoms with Gasteiger partial charge in [0.2, 0.25) is 0 Å². The van der Waals surface area contributed by atoms with Crippen LogP contribution in [0.3, 0.4) is 0 Å². The third kappa shape index (κ3) is 3.57. The van der Waals surface area contributed by atoms with Crippen molar-refractivity contribution >= 4 is 16.9 Å². The number of hydrogen-bond donors (Lipinski definition) is 1. The monoisotopic (exact) mass is 362 g/mol. The highest BCUT2D eigenvalue weighted by Crippen LogP contribution is 2.28. The SMILES string of the molecule is CCc1nc(-c2noc3ccc(C(=O)NCCc4cccnc4)cc23)co1. The molecule has 136 valence electrons. The predicted molar refractivity (Wildman–Crippen MR) is 99.2 cm³/mol. The first-order chi connectivity index (χ1) is 13.2. The molecule has 0 spiro atoms. The molecule has 0 radical (unpaired) electrons. The number of hydrogen-bond acceptors (Lipinski definition) is 6. The maximum absolute atomic E-state index is 12.5. The zero-order valence-electron chi connectivity index (χ0n) is 14.8. The zero-order valence-corrected chi connectivity index (χ0v) is 14.8. The first-order valence-corrected chi connectivity index (χ1v) is 8.76. The standard InChI is InChI=1S/C20H18N4O3/c1-2-18-23-16(12-26-18)19-15-10-14(5-6-17(15)27-24-19)20(25)22-9-7-13-4-3-8-21-11-13/h3-6,8,10-12H,2,7,9H2,1H3,(H,22,25). The fourth-order valence-corrected chi connectivity index (χ4v) is 2.82. The van der Waals surface area contributed by atoms with Gasteiger partial charge in [-0.05, 0) is 36.2 Å². The van der Waals surface area contributed by atoms with Crippen molar-refractivity contribution in [3.05, 3.63) is 66.0 Å². The van der Waals surface area contributed by atoms with Crippen LogP contribution in [0, 0.1) is 0 Å². The molecule has 1 N–H and O–H groups in total. The number of aromatic nitrogens is 3. The number of nitrogens with one attached hydrogen (secondary N) is 1. The van der Waals surface area contributed by atoms with Crippen LogP contribution in [-0.4, -0.2) is 27.6 Å². The van der Waals surface area contributed by atoms with Gasteiger partial charge in [0, 0.05) is 30.9 Å². The van der Waals surface area contributed by atoms with E-state index in [1.165, 1.54) is 0 Å². The summed E-state index contributed by atoms with van der Waals surface area (Å²) in [5.41, 5.74) is 3.38. The van der Waals surface area contributed by atoms with Crippen LogP contribution in [0.2, 0.25) is 0 Å². The van der Waals surface area contributed by atoms with Gasteiger partial charge >= 0.3 is 0 Å². The molecule has 3 heterocycles. The second kappa shape index (κ2) is 7.41. The molecule has 4 rings (SSSR count). The average Bonchev–Trinajstić information content (AvgIpc) is 3.34. The van der Waals surface area contributed by atoms with Crippen molar-refractivity contribution in [3.8, 4) is 11.4 Å². The maximum Gasteiger partial charge on any atom is 0.251 e. The molecule has 4 aromatic rings. The van der Waals surface area contributed by atoms with Gasteiger partial charge in [0.1, 0.15) is 17.7 Å². The molecule has 0 aliphatic carbocycles. The molecule has 0 aliphatic heterocycles. The van der Waals surface area contributed by atoms with Crippen LogP contribution in [0.25, 0.3) is 22.4 Å². The molecule has 1 amide bonds. The van der Waals surface area contributed by atoms with Crippen molar-refractivity contribution < 1.29 is 13.7 Å². The number of rotatable bonds is 6. The lowest BCUT2D eigenvalue weighted by Crippen LogP contribution is -2.25. The van der Waals surface area contributed by atoms with Gasteiger partial charge < -0.3 is 14.3 Å². The highest BCUT2D eigenvalue weighted by molar-refractivity contribution is 6.00. The van der Waals surface area contributed by atoms with Crippen LogP contribution in [0.4, 0.5) is 0 Å². The van der Waals surface area contributed by atoms with Gasteiger partial charge in [-0.25, -0.2) is 4.98 Å². The Labute approximate surface area is 155 Å². The Bertz CT molecular complexity index is 1070. The maximum atomic E-state index is 12.5. The number of fused-ring (bicyclic) bond motifs is 1. The van der Waals surface area contributed by atoms with Crippen molar-refractivity contribution in [3.63, 3.8) is 0 Å². The number of carbonyl (C=O) groups excluding carboxylic acids is 1. The normalized spacial score (nSPS) is 11.0. The van der Waals surface area contributed by atoms with Crippen LogP contribution >= 0.6 is 0 Å². The number of carbonyl (C=O) groups is 1. The summed E-state index contributed by atoms with van der Waals surface area (Å²) in [6, 6.07) is 9.09. The van der Waals surface area contributed by atoms with E-state index in [0.29, 0.717) is 41.4 Å². The number of pyridine rings is 1. The molecule has 7 heteroatoms. The summed E-state index contributed by atoms with van der Waals surface area (Å²) < 4.78 is 10.7. The summed E-state index contributed by atoms with van der Waals surface area (Å²) in [4.78, 5) is 20.9. The minimum atomic E-state index is -0.151. The van der Waals surface area contributed by atoms with E-state index >= 15 is 0 Å². The fourth-order valence-electron chi connectivity index (χ4n) is 2.82. The van der Waals surface area contributed by atoms with Gasteiger partial charge in [0.15, 0.2) is 11.5 Å². The van der Waals surface area contributed by atoms with Crippen molar-refractivity contribution in [2.24, 2.45) is 0 Å². The molecule has 27 heavy (non-hydrogen) atoms. The van der Waals surface area contributed by atoms with Crippen LogP contribution in [0.1, 0.15) is 28.7 Å². The molecule has 0 atom stereocenters. The van der Waals surface area contributed by atoms with E-state index in [1.807, 2.05) is 19.1 Å². The van der Waals surface area contributed by atoms with Crippen LogP contribution in [0.15, 0.2) is 57.9 Å². The fraction of sp³-hybridized carbons (Fsp3) is 0.200. The van der Waals surface area contributed by atoms with Gasteiger partial charge in [-0.2, -0.15) is 0 Å². The molecule has 0 saturated heterocycles. The number of nitrogens with zero attached hydrogens (tertiary/aromatic N) is 3. The highest BCUT2D eigenvalue weighted by Gasteiger charge is 2.16. The molecule has 0 fully saturated rings. The molecule has 3 aromatic heterocycles. The number of amides is 1. The largest absolute Gasteiger partial charge is 0.448 e. The van der Waals surface area contributed by atoms with Crippen molar-refractivity contribution in [2.75, 3.05) is 6.54 Å². The summed E-state index contributed by atoms with van der Waals surface area (Å²) in [7, 11) is 0. The third-order valence-corrected chi connectivity index (χ3v) is 4.25. The lowest BCUT2D eigenvalue weighted by molar-refractivity contribution is 0.0954. The van der Waals surface area contributed by atoms with Crippen molar-refractivity contribution in [1.29, 1.82) is 0 Å². The van der Waals surface area contributed by atoms with Gasteiger partial charge in [0.25, 0.3) is 5.91 Å². The molecule has 0 unspecified atom stereocenters. The summed E-state index contributed by atoms with van der Waals surface area (Å²) >= 11 is 0. The van der Waals surface area contributed by atoms with Crippen LogP contribution < -0.4 is 5.32 Å². The Kier molecular flexibility index (Phi) is 4.65. The Morgan fingerprint density at radius 3 is 2.96 bits per heavy atom. The first-order valence-electron chi connectivity index (χ1n) is 8.76. The topological polar surface area (TPSA) is 94.0 Å². The first kappa shape index (κ1) is 17.0. The average molecular weight is 362 g/mol. The number of oxazole rings is 1. The lowest BCUT2D eigenvalue weighted by atomic mass is 10.1. The van der Waals surface area contributed by atoms with E-state index in [9.17, 15) is 4.79 Å². The van der Waals surface area contributed by atoms with Gasteiger partial charge in [-0.15, -0.1) is 0 Å². The number of aryl methyl sites for hydroxylation is 1. The van der Waals surface area contributed by atoms with E-state index in [2.05, 4.69) is 20.4 Å². The number of benzene rings is 1. The van der Waals surface area contributed by atoms with Crippen molar-refractivity contribution in [1.82, 2.24) is 20.4 Å². The summed E-state index contributed by atoms with van der Waals surface area (Å²) in [6.07, 6.45) is 6.49. The van der Waals surface area contributed by atoms with E-state index in [4.69, 9.17) is 8.94 Å². The Morgan fingerprint density at radius 1 is 1.26 bits per heavy atom. The van der Waals surface area contributed by atoms with Gasteiger partial charge in [-0.1, -0.05) is 18.1 Å². The second-order valence-corrected chi connectivity index (χ2v) is 6.09. The molecule has 0 aliphatic rings. The zero-order chi connectivity index (χ0) is 18.6. The Hall–Kier alpha value is -3.48. The predicted octanol–water partition coefficient (Wildman–Crippen LogP) is 3.41. The molecular weight excluding hydrogens is 344 g/mol.